The molecular formula is C10H7N5. The lowest BCUT2D eigenvalue weighted by Gasteiger charge is -2.03. The van der Waals surface area contributed by atoms with Gasteiger partial charge in [-0.3, -0.25) is 4.57 Å². The lowest BCUT2D eigenvalue weighted by Crippen LogP contribution is -1.97. The van der Waals surface area contributed by atoms with Gasteiger partial charge in [-0.15, -0.1) is 0 Å². The molecule has 0 bridgehead atoms. The van der Waals surface area contributed by atoms with Crippen molar-refractivity contribution in [1.29, 1.82) is 0 Å². The Morgan fingerprint density at radius 2 is 2.07 bits per heavy atom. The summed E-state index contributed by atoms with van der Waals surface area (Å²) in [5.74, 6) is 0.797. The van der Waals surface area contributed by atoms with Crippen LogP contribution in [0.3, 0.4) is 0 Å². The number of hydrogen-bond donors (Lipinski definition) is 0. The Hall–Kier alpha value is -2.30. The van der Waals surface area contributed by atoms with E-state index < -0.39 is 0 Å². The van der Waals surface area contributed by atoms with Gasteiger partial charge in [0, 0.05) is 18.6 Å². The van der Waals surface area contributed by atoms with Gasteiger partial charge in [0.2, 0.25) is 0 Å². The minimum atomic E-state index is 0.691. The van der Waals surface area contributed by atoms with Crippen LogP contribution in [-0.4, -0.2) is 24.5 Å². The molecule has 3 aromatic heterocycles. The number of pyridine rings is 1. The van der Waals surface area contributed by atoms with E-state index in [1.807, 2.05) is 22.9 Å². The second-order valence-electron chi connectivity index (χ2n) is 3.04. The third-order valence-electron chi connectivity index (χ3n) is 2.14. The van der Waals surface area contributed by atoms with E-state index in [1.54, 1.807) is 18.7 Å². The number of fused-ring (bicyclic) bond motifs is 1. The summed E-state index contributed by atoms with van der Waals surface area (Å²) in [6.45, 7) is 0. The molecule has 0 unspecified atom stereocenters. The van der Waals surface area contributed by atoms with Crippen LogP contribution >= 0.6 is 0 Å². The molecule has 0 radical (unpaired) electrons. The first-order valence-electron chi connectivity index (χ1n) is 4.49. The van der Waals surface area contributed by atoms with E-state index in [0.29, 0.717) is 5.65 Å². The second kappa shape index (κ2) is 3.13. The SMILES string of the molecule is c1cnc2ncnc(-n3ccnc3)c2c1. The monoisotopic (exact) mass is 197 g/mol. The van der Waals surface area contributed by atoms with Crippen molar-refractivity contribution in [2.75, 3.05) is 0 Å². The Morgan fingerprint density at radius 1 is 1.07 bits per heavy atom. The largest absolute Gasteiger partial charge is 0.290 e. The Labute approximate surface area is 85.5 Å². The van der Waals surface area contributed by atoms with Crippen molar-refractivity contribution < 1.29 is 0 Å². The van der Waals surface area contributed by atoms with Gasteiger partial charge in [0.15, 0.2) is 11.5 Å². The lowest BCUT2D eigenvalue weighted by atomic mass is 10.3. The summed E-state index contributed by atoms with van der Waals surface area (Å²) in [5, 5.41) is 0.915. The Balaban J connectivity index is 2.36. The summed E-state index contributed by atoms with van der Waals surface area (Å²) in [4.78, 5) is 16.5. The standard InChI is InChI=1S/C10H7N5/c1-2-8-9(12-3-1)13-6-14-10(8)15-5-4-11-7-15/h1-7H. The van der Waals surface area contributed by atoms with Crippen molar-refractivity contribution >= 4 is 11.0 Å². The summed E-state index contributed by atoms with van der Waals surface area (Å²) in [5.41, 5.74) is 0.691. The zero-order valence-electron chi connectivity index (χ0n) is 7.78. The molecule has 3 aromatic rings. The predicted octanol–water partition coefficient (Wildman–Crippen LogP) is 1.21. The van der Waals surface area contributed by atoms with Crippen LogP contribution in [0.5, 0.6) is 0 Å². The van der Waals surface area contributed by atoms with Crippen molar-refractivity contribution in [3.8, 4) is 5.82 Å². The summed E-state index contributed by atoms with van der Waals surface area (Å²) in [6.07, 6.45) is 8.48. The van der Waals surface area contributed by atoms with Crippen molar-refractivity contribution in [2.45, 2.75) is 0 Å². The molecular weight excluding hydrogens is 190 g/mol. The molecule has 15 heavy (non-hydrogen) atoms. The van der Waals surface area contributed by atoms with Crippen LogP contribution in [0.4, 0.5) is 0 Å². The van der Waals surface area contributed by atoms with Crippen molar-refractivity contribution in [2.24, 2.45) is 0 Å². The highest BCUT2D eigenvalue weighted by atomic mass is 15.1. The van der Waals surface area contributed by atoms with Gasteiger partial charge < -0.3 is 0 Å². The molecule has 5 heteroatoms. The minimum absolute atomic E-state index is 0.691. The Bertz CT molecular complexity index is 582. The molecule has 0 atom stereocenters. The van der Waals surface area contributed by atoms with E-state index >= 15 is 0 Å². The molecule has 72 valence electrons. The zero-order valence-corrected chi connectivity index (χ0v) is 7.78. The average Bonchev–Trinajstić information content (AvgIpc) is 2.82. The maximum absolute atomic E-state index is 4.22. The number of nitrogens with zero attached hydrogens (tertiary/aromatic N) is 5. The number of rotatable bonds is 1. The molecule has 0 aromatic carbocycles. The molecule has 0 saturated heterocycles. The summed E-state index contributed by atoms with van der Waals surface area (Å²) >= 11 is 0. The maximum atomic E-state index is 4.22. The van der Waals surface area contributed by atoms with Crippen LogP contribution in [0, 0.1) is 0 Å². The van der Waals surface area contributed by atoms with E-state index in [0.717, 1.165) is 11.2 Å². The van der Waals surface area contributed by atoms with Crippen LogP contribution < -0.4 is 0 Å². The fourth-order valence-corrected chi connectivity index (χ4v) is 1.47. The highest BCUT2D eigenvalue weighted by Crippen LogP contribution is 2.14. The van der Waals surface area contributed by atoms with Gasteiger partial charge in [0.1, 0.15) is 12.7 Å². The predicted molar refractivity (Wildman–Crippen MR) is 54.5 cm³/mol. The van der Waals surface area contributed by atoms with E-state index in [4.69, 9.17) is 0 Å². The highest BCUT2D eigenvalue weighted by Gasteiger charge is 2.04. The van der Waals surface area contributed by atoms with Gasteiger partial charge in [0.25, 0.3) is 0 Å². The van der Waals surface area contributed by atoms with Gasteiger partial charge in [-0.05, 0) is 12.1 Å². The Morgan fingerprint density at radius 3 is 2.93 bits per heavy atom. The molecule has 5 nitrogen and oxygen atoms in total. The van der Waals surface area contributed by atoms with Gasteiger partial charge in [-0.1, -0.05) is 0 Å². The number of aromatic nitrogens is 5. The molecule has 0 spiro atoms. The topological polar surface area (TPSA) is 56.5 Å². The van der Waals surface area contributed by atoms with Crippen molar-refractivity contribution in [1.82, 2.24) is 24.5 Å². The second-order valence-corrected chi connectivity index (χ2v) is 3.04. The lowest BCUT2D eigenvalue weighted by molar-refractivity contribution is 0.988. The van der Waals surface area contributed by atoms with E-state index in [9.17, 15) is 0 Å². The molecule has 0 amide bonds. The van der Waals surface area contributed by atoms with Crippen LogP contribution in [-0.2, 0) is 0 Å². The molecule has 0 aliphatic carbocycles. The summed E-state index contributed by atoms with van der Waals surface area (Å²) in [6, 6.07) is 3.81. The first-order chi connectivity index (χ1) is 7.45. The maximum Gasteiger partial charge on any atom is 0.164 e. The van der Waals surface area contributed by atoms with Crippen LogP contribution in [0.25, 0.3) is 16.9 Å². The van der Waals surface area contributed by atoms with Gasteiger partial charge in [0.05, 0.1) is 5.39 Å². The number of imidazole rings is 1. The van der Waals surface area contributed by atoms with Gasteiger partial charge >= 0.3 is 0 Å². The minimum Gasteiger partial charge on any atom is -0.290 e. The summed E-state index contributed by atoms with van der Waals surface area (Å²) in [7, 11) is 0. The molecule has 3 heterocycles. The summed E-state index contributed by atoms with van der Waals surface area (Å²) < 4.78 is 1.84. The van der Waals surface area contributed by atoms with E-state index in [-0.39, 0.29) is 0 Å². The average molecular weight is 197 g/mol. The highest BCUT2D eigenvalue weighted by molar-refractivity contribution is 5.81. The van der Waals surface area contributed by atoms with Crippen molar-refractivity contribution in [3.63, 3.8) is 0 Å². The molecule has 3 rings (SSSR count). The van der Waals surface area contributed by atoms with E-state index in [2.05, 4.69) is 19.9 Å². The molecule has 0 N–H and O–H groups in total. The fraction of sp³-hybridized carbons (Fsp3) is 0. The van der Waals surface area contributed by atoms with Gasteiger partial charge in [-0.25, -0.2) is 19.9 Å². The first-order valence-corrected chi connectivity index (χ1v) is 4.49. The van der Waals surface area contributed by atoms with E-state index in [1.165, 1.54) is 6.33 Å². The zero-order chi connectivity index (χ0) is 10.1. The first kappa shape index (κ1) is 8.05. The normalized spacial score (nSPS) is 10.7. The third-order valence-corrected chi connectivity index (χ3v) is 2.14. The molecule has 0 aliphatic rings. The fourth-order valence-electron chi connectivity index (χ4n) is 1.47. The molecule has 0 saturated carbocycles. The van der Waals surface area contributed by atoms with Gasteiger partial charge in [-0.2, -0.15) is 0 Å². The van der Waals surface area contributed by atoms with Crippen molar-refractivity contribution in [3.05, 3.63) is 43.4 Å². The smallest absolute Gasteiger partial charge is 0.164 e. The number of hydrogen-bond acceptors (Lipinski definition) is 4. The Kier molecular flexibility index (Phi) is 1.68. The van der Waals surface area contributed by atoms with Crippen LogP contribution in [0.15, 0.2) is 43.4 Å². The van der Waals surface area contributed by atoms with Crippen LogP contribution in [0.1, 0.15) is 0 Å². The third kappa shape index (κ3) is 1.25. The molecule has 0 aliphatic heterocycles. The van der Waals surface area contributed by atoms with Crippen LogP contribution in [0.2, 0.25) is 0 Å². The quantitative estimate of drug-likeness (QED) is 0.588. The molecule has 0 fully saturated rings.